The monoisotopic (exact) mass is 232 g/mol. The number of likely N-dealkylation sites (tertiary alicyclic amines) is 1. The van der Waals surface area contributed by atoms with E-state index in [9.17, 15) is 8.78 Å². The van der Waals surface area contributed by atoms with Crippen molar-refractivity contribution in [2.24, 2.45) is 11.8 Å². The van der Waals surface area contributed by atoms with E-state index in [1.165, 1.54) is 0 Å². The Labute approximate surface area is 96.4 Å². The summed E-state index contributed by atoms with van der Waals surface area (Å²) in [5.41, 5.74) is 0. The molecule has 2 aliphatic rings. The van der Waals surface area contributed by atoms with Gasteiger partial charge in [0.2, 0.25) is 0 Å². The zero-order valence-electron chi connectivity index (χ0n) is 9.80. The molecule has 2 saturated heterocycles. The molecule has 2 heterocycles. The topological polar surface area (TPSA) is 15.3 Å². The summed E-state index contributed by atoms with van der Waals surface area (Å²) in [6.07, 6.45) is 4.19. The number of nitrogens with one attached hydrogen (secondary N) is 1. The lowest BCUT2D eigenvalue weighted by Crippen LogP contribution is -2.53. The fraction of sp³-hybridized carbons (Fsp3) is 1.00. The second kappa shape index (κ2) is 5.92. The smallest absolute Gasteiger partial charge is 0.0934 e. The normalized spacial score (nSPS) is 37.5. The standard InChI is InChI=1S/C12H22F2N2/c13-7-10-3-4-15-12(6-10)16-5-1-2-11(8-14)9-16/h10-12,15H,1-9H2. The van der Waals surface area contributed by atoms with Gasteiger partial charge in [-0.2, -0.15) is 0 Å². The van der Waals surface area contributed by atoms with Gasteiger partial charge in [-0.25, -0.2) is 0 Å². The van der Waals surface area contributed by atoms with Crippen molar-refractivity contribution in [1.29, 1.82) is 0 Å². The van der Waals surface area contributed by atoms with Gasteiger partial charge in [0.05, 0.1) is 19.5 Å². The molecule has 0 radical (unpaired) electrons. The van der Waals surface area contributed by atoms with Gasteiger partial charge in [-0.05, 0) is 44.7 Å². The lowest BCUT2D eigenvalue weighted by Gasteiger charge is -2.41. The predicted molar refractivity (Wildman–Crippen MR) is 60.8 cm³/mol. The molecule has 94 valence electrons. The van der Waals surface area contributed by atoms with Crippen LogP contribution >= 0.6 is 0 Å². The van der Waals surface area contributed by atoms with E-state index >= 15 is 0 Å². The average Bonchev–Trinajstić information content (AvgIpc) is 2.39. The molecule has 0 aromatic heterocycles. The number of hydrogen-bond donors (Lipinski definition) is 1. The van der Waals surface area contributed by atoms with Gasteiger partial charge in [0, 0.05) is 12.5 Å². The first-order valence-electron chi connectivity index (χ1n) is 6.43. The minimum Gasteiger partial charge on any atom is -0.302 e. The molecule has 0 amide bonds. The van der Waals surface area contributed by atoms with E-state index in [1.807, 2.05) is 0 Å². The first-order chi connectivity index (χ1) is 7.83. The number of alkyl halides is 2. The molecule has 0 aromatic rings. The summed E-state index contributed by atoms with van der Waals surface area (Å²) in [7, 11) is 0. The number of nitrogens with zero attached hydrogens (tertiary/aromatic N) is 1. The Morgan fingerprint density at radius 2 is 1.94 bits per heavy atom. The molecule has 0 spiro atoms. The van der Waals surface area contributed by atoms with Crippen molar-refractivity contribution in [3.8, 4) is 0 Å². The van der Waals surface area contributed by atoms with Crippen LogP contribution in [0, 0.1) is 11.8 Å². The van der Waals surface area contributed by atoms with Crippen LogP contribution in [0.2, 0.25) is 0 Å². The van der Waals surface area contributed by atoms with E-state index in [0.717, 1.165) is 45.3 Å². The Bertz CT molecular complexity index is 191. The van der Waals surface area contributed by atoms with E-state index in [1.54, 1.807) is 0 Å². The van der Waals surface area contributed by atoms with Gasteiger partial charge in [-0.3, -0.25) is 13.7 Å². The van der Waals surface area contributed by atoms with Gasteiger partial charge in [0.15, 0.2) is 0 Å². The summed E-state index contributed by atoms with van der Waals surface area (Å²) in [5.74, 6) is 0.401. The quantitative estimate of drug-likeness (QED) is 0.800. The second-order valence-electron chi connectivity index (χ2n) is 5.17. The summed E-state index contributed by atoms with van der Waals surface area (Å²) in [6.45, 7) is 2.35. The highest BCUT2D eigenvalue weighted by Gasteiger charge is 2.29. The predicted octanol–water partition coefficient (Wildman–Crippen LogP) is 1.96. The summed E-state index contributed by atoms with van der Waals surface area (Å²) in [6, 6.07) is 0. The maximum absolute atomic E-state index is 12.7. The molecule has 0 aliphatic carbocycles. The molecule has 2 rings (SSSR count). The molecule has 16 heavy (non-hydrogen) atoms. The molecule has 3 unspecified atom stereocenters. The number of halogens is 2. The maximum Gasteiger partial charge on any atom is 0.0934 e. The molecular weight excluding hydrogens is 210 g/mol. The maximum atomic E-state index is 12.7. The molecule has 3 atom stereocenters. The Morgan fingerprint density at radius 1 is 1.12 bits per heavy atom. The largest absolute Gasteiger partial charge is 0.302 e. The lowest BCUT2D eigenvalue weighted by atomic mass is 9.93. The zero-order valence-corrected chi connectivity index (χ0v) is 9.80. The van der Waals surface area contributed by atoms with Gasteiger partial charge in [0.25, 0.3) is 0 Å². The van der Waals surface area contributed by atoms with Crippen molar-refractivity contribution >= 4 is 0 Å². The molecule has 4 heteroatoms. The van der Waals surface area contributed by atoms with Gasteiger partial charge in [0.1, 0.15) is 0 Å². The fourth-order valence-corrected chi connectivity index (χ4v) is 2.90. The van der Waals surface area contributed by atoms with Gasteiger partial charge >= 0.3 is 0 Å². The number of hydrogen-bond acceptors (Lipinski definition) is 2. The Balaban J connectivity index is 1.85. The molecule has 2 aliphatic heterocycles. The number of piperidine rings is 2. The first kappa shape index (κ1) is 12.2. The Morgan fingerprint density at radius 3 is 2.69 bits per heavy atom. The van der Waals surface area contributed by atoms with Crippen LogP contribution in [0.15, 0.2) is 0 Å². The summed E-state index contributed by atoms with van der Waals surface area (Å²) >= 11 is 0. The van der Waals surface area contributed by atoms with E-state index in [0.29, 0.717) is 0 Å². The first-order valence-corrected chi connectivity index (χ1v) is 6.43. The summed E-state index contributed by atoms with van der Waals surface area (Å²) < 4.78 is 25.3. The van der Waals surface area contributed by atoms with Crippen LogP contribution in [-0.4, -0.2) is 44.0 Å². The lowest BCUT2D eigenvalue weighted by molar-refractivity contribution is 0.0576. The van der Waals surface area contributed by atoms with Crippen LogP contribution in [0.25, 0.3) is 0 Å². The van der Waals surface area contributed by atoms with E-state index < -0.39 is 0 Å². The minimum absolute atomic E-state index is 0.196. The third-order valence-corrected chi connectivity index (χ3v) is 3.92. The van der Waals surface area contributed by atoms with Crippen molar-refractivity contribution in [1.82, 2.24) is 10.2 Å². The molecule has 1 N–H and O–H groups in total. The molecular formula is C12H22F2N2. The average molecular weight is 232 g/mol. The highest BCUT2D eigenvalue weighted by atomic mass is 19.1. The third kappa shape index (κ3) is 2.92. The fourth-order valence-electron chi connectivity index (χ4n) is 2.90. The van der Waals surface area contributed by atoms with E-state index in [-0.39, 0.29) is 31.4 Å². The summed E-state index contributed by atoms with van der Waals surface area (Å²) in [5, 5.41) is 3.43. The van der Waals surface area contributed by atoms with E-state index in [2.05, 4.69) is 10.2 Å². The van der Waals surface area contributed by atoms with Crippen molar-refractivity contribution in [2.75, 3.05) is 33.0 Å². The van der Waals surface area contributed by atoms with Crippen LogP contribution in [0.3, 0.4) is 0 Å². The summed E-state index contributed by atoms with van der Waals surface area (Å²) in [4.78, 5) is 2.32. The Kier molecular flexibility index (Phi) is 4.53. The number of rotatable bonds is 3. The molecule has 0 aromatic carbocycles. The van der Waals surface area contributed by atoms with Crippen LogP contribution in [0.4, 0.5) is 8.78 Å². The zero-order chi connectivity index (χ0) is 11.4. The molecule has 0 bridgehead atoms. The SMILES string of the molecule is FCC1CCNC(N2CCCC(CF)C2)C1. The van der Waals surface area contributed by atoms with Crippen LogP contribution in [0.1, 0.15) is 25.7 Å². The highest BCUT2D eigenvalue weighted by Crippen LogP contribution is 2.24. The highest BCUT2D eigenvalue weighted by molar-refractivity contribution is 4.82. The van der Waals surface area contributed by atoms with Crippen molar-refractivity contribution in [3.63, 3.8) is 0 Å². The van der Waals surface area contributed by atoms with Gasteiger partial charge in [-0.1, -0.05) is 0 Å². The molecule has 0 saturated carbocycles. The van der Waals surface area contributed by atoms with Crippen LogP contribution < -0.4 is 5.32 Å². The van der Waals surface area contributed by atoms with Crippen molar-refractivity contribution in [3.05, 3.63) is 0 Å². The third-order valence-electron chi connectivity index (χ3n) is 3.92. The molecule has 2 nitrogen and oxygen atoms in total. The van der Waals surface area contributed by atoms with Gasteiger partial charge in [-0.15, -0.1) is 0 Å². The molecule has 2 fully saturated rings. The van der Waals surface area contributed by atoms with Crippen molar-refractivity contribution in [2.45, 2.75) is 31.8 Å². The minimum atomic E-state index is -0.213. The van der Waals surface area contributed by atoms with Crippen molar-refractivity contribution < 1.29 is 8.78 Å². The Hall–Kier alpha value is -0.220. The van der Waals surface area contributed by atoms with Crippen LogP contribution in [0.5, 0.6) is 0 Å². The van der Waals surface area contributed by atoms with Gasteiger partial charge < -0.3 is 5.32 Å². The second-order valence-corrected chi connectivity index (χ2v) is 5.17. The van der Waals surface area contributed by atoms with E-state index in [4.69, 9.17) is 0 Å². The van der Waals surface area contributed by atoms with Crippen LogP contribution in [-0.2, 0) is 0 Å².